The average Bonchev–Trinajstić information content (AvgIpc) is 2.45. The van der Waals surface area contributed by atoms with E-state index in [2.05, 4.69) is 29.0 Å². The molecule has 6 heteroatoms. The van der Waals surface area contributed by atoms with Crippen molar-refractivity contribution in [3.05, 3.63) is 28.4 Å². The number of pyridine rings is 1. The smallest absolute Gasteiger partial charge is 0.361 e. The maximum atomic E-state index is 11.1. The first-order valence-electron chi connectivity index (χ1n) is 7.19. The molecule has 6 nitrogen and oxygen atoms in total. The molecule has 0 amide bonds. The highest BCUT2D eigenvalue weighted by molar-refractivity contribution is 5.59. The third kappa shape index (κ3) is 3.45. The van der Waals surface area contributed by atoms with Gasteiger partial charge in [0.25, 0.3) is 0 Å². The van der Waals surface area contributed by atoms with Crippen molar-refractivity contribution in [1.82, 2.24) is 10.3 Å². The Morgan fingerprint density at radius 2 is 2.35 bits per heavy atom. The monoisotopic (exact) mass is 278 g/mol. The van der Waals surface area contributed by atoms with Crippen molar-refractivity contribution in [3.63, 3.8) is 0 Å². The van der Waals surface area contributed by atoms with Crippen LogP contribution in [0.15, 0.2) is 18.3 Å². The van der Waals surface area contributed by atoms with E-state index < -0.39 is 4.92 Å². The van der Waals surface area contributed by atoms with Crippen LogP contribution in [0.25, 0.3) is 0 Å². The molecule has 110 valence electrons. The van der Waals surface area contributed by atoms with Crippen LogP contribution in [0.3, 0.4) is 0 Å². The standard InChI is InChI=1S/C14H22N4O2/c1-11(2)17(10-12-6-3-4-8-15-12)13-7-5-9-16-14(13)18(19)20/h5,7,9,11-12,15H,3-4,6,8,10H2,1-2H3. The molecule has 0 aliphatic carbocycles. The lowest BCUT2D eigenvalue weighted by atomic mass is 10.0. The number of hydrogen-bond donors (Lipinski definition) is 1. The molecule has 1 atom stereocenters. The number of nitrogens with zero attached hydrogens (tertiary/aromatic N) is 3. The Morgan fingerprint density at radius 3 is 2.95 bits per heavy atom. The number of anilines is 1. The van der Waals surface area contributed by atoms with Crippen LogP contribution < -0.4 is 10.2 Å². The molecule has 1 N–H and O–H groups in total. The summed E-state index contributed by atoms with van der Waals surface area (Å²) in [6.45, 7) is 5.93. The first kappa shape index (κ1) is 14.7. The summed E-state index contributed by atoms with van der Waals surface area (Å²) in [6, 6.07) is 4.13. The summed E-state index contributed by atoms with van der Waals surface area (Å²) >= 11 is 0. The summed E-state index contributed by atoms with van der Waals surface area (Å²) in [5.41, 5.74) is 0.611. The molecule has 1 aliphatic rings. The molecule has 1 aromatic heterocycles. The van der Waals surface area contributed by atoms with Gasteiger partial charge in [0.05, 0.1) is 0 Å². The molecule has 0 aromatic carbocycles. The Bertz CT molecular complexity index is 458. The second-order valence-electron chi connectivity index (χ2n) is 5.50. The first-order valence-corrected chi connectivity index (χ1v) is 7.19. The van der Waals surface area contributed by atoms with Crippen molar-refractivity contribution in [1.29, 1.82) is 0 Å². The minimum Gasteiger partial charge on any atom is -0.361 e. The van der Waals surface area contributed by atoms with E-state index in [0.717, 1.165) is 19.5 Å². The molecule has 1 saturated heterocycles. The molecule has 0 radical (unpaired) electrons. The third-order valence-corrected chi connectivity index (χ3v) is 3.70. The molecule has 0 bridgehead atoms. The number of hydrogen-bond acceptors (Lipinski definition) is 5. The lowest BCUT2D eigenvalue weighted by Crippen LogP contribution is -2.46. The van der Waals surface area contributed by atoms with Gasteiger partial charge in [-0.05, 0) is 55.3 Å². The lowest BCUT2D eigenvalue weighted by molar-refractivity contribution is -0.388. The van der Waals surface area contributed by atoms with Gasteiger partial charge in [0.1, 0.15) is 11.9 Å². The predicted molar refractivity (Wildman–Crippen MR) is 79.0 cm³/mol. The van der Waals surface area contributed by atoms with E-state index in [1.54, 1.807) is 12.1 Å². The van der Waals surface area contributed by atoms with E-state index in [1.165, 1.54) is 19.0 Å². The zero-order valence-corrected chi connectivity index (χ0v) is 12.1. The SMILES string of the molecule is CC(C)N(CC1CCCCN1)c1cccnc1[N+](=O)[O-]. The van der Waals surface area contributed by atoms with Gasteiger partial charge in [0.15, 0.2) is 0 Å². The second-order valence-corrected chi connectivity index (χ2v) is 5.50. The molecule has 20 heavy (non-hydrogen) atoms. The normalized spacial score (nSPS) is 19.1. The summed E-state index contributed by atoms with van der Waals surface area (Å²) in [4.78, 5) is 16.7. The van der Waals surface area contributed by atoms with Gasteiger partial charge in [0.2, 0.25) is 0 Å². The Labute approximate surface area is 119 Å². The van der Waals surface area contributed by atoms with Gasteiger partial charge in [-0.1, -0.05) is 6.42 Å². The third-order valence-electron chi connectivity index (χ3n) is 3.70. The van der Waals surface area contributed by atoms with E-state index in [-0.39, 0.29) is 11.9 Å². The Kier molecular flexibility index (Phi) is 4.89. The molecular formula is C14H22N4O2. The highest BCUT2D eigenvalue weighted by Crippen LogP contribution is 2.27. The van der Waals surface area contributed by atoms with Gasteiger partial charge in [0, 0.05) is 18.6 Å². The molecule has 1 fully saturated rings. The first-order chi connectivity index (χ1) is 9.59. The summed E-state index contributed by atoms with van der Waals surface area (Å²) in [6.07, 6.45) is 5.03. The Balaban J connectivity index is 2.21. The van der Waals surface area contributed by atoms with Gasteiger partial charge in [-0.2, -0.15) is 0 Å². The molecule has 0 spiro atoms. The summed E-state index contributed by atoms with van der Waals surface area (Å²) in [5, 5.41) is 14.6. The quantitative estimate of drug-likeness (QED) is 0.661. The number of nitrogens with one attached hydrogen (secondary N) is 1. The fourth-order valence-corrected chi connectivity index (χ4v) is 2.66. The van der Waals surface area contributed by atoms with Crippen molar-refractivity contribution in [2.75, 3.05) is 18.0 Å². The van der Waals surface area contributed by atoms with Gasteiger partial charge in [-0.15, -0.1) is 0 Å². The van der Waals surface area contributed by atoms with E-state index in [0.29, 0.717) is 11.7 Å². The van der Waals surface area contributed by atoms with Gasteiger partial charge in [-0.3, -0.25) is 0 Å². The average molecular weight is 278 g/mol. The van der Waals surface area contributed by atoms with E-state index in [4.69, 9.17) is 0 Å². The number of aromatic nitrogens is 1. The Hall–Kier alpha value is -1.69. The summed E-state index contributed by atoms with van der Waals surface area (Å²) in [5.74, 6) is -0.0583. The molecule has 2 rings (SSSR count). The molecule has 1 aliphatic heterocycles. The van der Waals surface area contributed by atoms with Gasteiger partial charge in [-0.25, -0.2) is 0 Å². The van der Waals surface area contributed by atoms with Crippen molar-refractivity contribution < 1.29 is 4.92 Å². The van der Waals surface area contributed by atoms with E-state index >= 15 is 0 Å². The van der Waals surface area contributed by atoms with E-state index in [1.807, 2.05) is 0 Å². The van der Waals surface area contributed by atoms with Crippen LogP contribution in [0.4, 0.5) is 11.5 Å². The zero-order chi connectivity index (χ0) is 14.5. The van der Waals surface area contributed by atoms with Crippen LogP contribution >= 0.6 is 0 Å². The highest BCUT2D eigenvalue weighted by atomic mass is 16.6. The second kappa shape index (κ2) is 6.65. The molecule has 1 unspecified atom stereocenters. The van der Waals surface area contributed by atoms with Crippen molar-refractivity contribution in [2.24, 2.45) is 0 Å². The van der Waals surface area contributed by atoms with Crippen LogP contribution in [0, 0.1) is 10.1 Å². The molecule has 0 saturated carbocycles. The van der Waals surface area contributed by atoms with Crippen LogP contribution in [0.1, 0.15) is 33.1 Å². The minimum absolute atomic E-state index is 0.0583. The van der Waals surface area contributed by atoms with Crippen LogP contribution in [0.5, 0.6) is 0 Å². The lowest BCUT2D eigenvalue weighted by Gasteiger charge is -2.34. The Morgan fingerprint density at radius 1 is 1.55 bits per heavy atom. The van der Waals surface area contributed by atoms with E-state index in [9.17, 15) is 10.1 Å². The zero-order valence-electron chi connectivity index (χ0n) is 12.1. The topological polar surface area (TPSA) is 71.3 Å². The van der Waals surface area contributed by atoms with Gasteiger partial charge >= 0.3 is 5.82 Å². The predicted octanol–water partition coefficient (Wildman–Crippen LogP) is 2.35. The van der Waals surface area contributed by atoms with Crippen molar-refractivity contribution >= 4 is 11.5 Å². The van der Waals surface area contributed by atoms with Crippen molar-refractivity contribution in [2.45, 2.75) is 45.2 Å². The largest absolute Gasteiger partial charge is 0.387 e. The maximum absolute atomic E-state index is 11.1. The van der Waals surface area contributed by atoms with Gasteiger partial charge < -0.3 is 20.3 Å². The fourth-order valence-electron chi connectivity index (χ4n) is 2.66. The highest BCUT2D eigenvalue weighted by Gasteiger charge is 2.25. The minimum atomic E-state index is -0.404. The van der Waals surface area contributed by atoms with Crippen LogP contribution in [-0.4, -0.2) is 35.1 Å². The van der Waals surface area contributed by atoms with Crippen LogP contribution in [-0.2, 0) is 0 Å². The summed E-state index contributed by atoms with van der Waals surface area (Å²) in [7, 11) is 0. The van der Waals surface area contributed by atoms with Crippen LogP contribution in [0.2, 0.25) is 0 Å². The van der Waals surface area contributed by atoms with Crippen molar-refractivity contribution in [3.8, 4) is 0 Å². The fraction of sp³-hybridized carbons (Fsp3) is 0.643. The molecule has 1 aromatic rings. The number of piperidine rings is 1. The maximum Gasteiger partial charge on any atom is 0.387 e. The molecular weight excluding hydrogens is 256 g/mol. The number of nitro groups is 1. The number of rotatable bonds is 5. The summed E-state index contributed by atoms with van der Waals surface area (Å²) < 4.78 is 0. The molecule has 2 heterocycles.